The quantitative estimate of drug-likeness (QED) is 0.313. The van der Waals surface area contributed by atoms with Gasteiger partial charge in [-0.15, -0.1) is 0 Å². The van der Waals surface area contributed by atoms with Gasteiger partial charge in [-0.1, -0.05) is 23.7 Å². The molecular formula is C26H21ClFNO4. The maximum Gasteiger partial charge on any atom is 0.248 e. The molecule has 0 saturated carbocycles. The number of halogens is 2. The number of hydrogen-bond donors (Lipinski definition) is 1. The second-order valence-corrected chi connectivity index (χ2v) is 7.80. The van der Waals surface area contributed by atoms with Gasteiger partial charge in [0.2, 0.25) is 5.91 Å². The molecule has 33 heavy (non-hydrogen) atoms. The van der Waals surface area contributed by atoms with Crippen molar-refractivity contribution < 1.29 is 23.1 Å². The molecular weight excluding hydrogens is 445 g/mol. The monoisotopic (exact) mass is 465 g/mol. The van der Waals surface area contributed by atoms with E-state index in [1.54, 1.807) is 33.5 Å². The molecule has 0 bridgehead atoms. The van der Waals surface area contributed by atoms with Crippen LogP contribution < -0.4 is 14.8 Å². The SMILES string of the molecule is COc1ccc(-c2coc3cc(OC)c(/C(C)=C/C(=O)Nc4ccc(Cl)cc4F)cc23)cc1. The zero-order valence-electron chi connectivity index (χ0n) is 18.2. The number of furan rings is 1. The number of nitrogens with one attached hydrogen (secondary N) is 1. The zero-order valence-corrected chi connectivity index (χ0v) is 19.0. The van der Waals surface area contributed by atoms with Crippen LogP contribution in [0.2, 0.25) is 5.02 Å². The first-order chi connectivity index (χ1) is 15.9. The van der Waals surface area contributed by atoms with E-state index in [4.69, 9.17) is 25.5 Å². The lowest BCUT2D eigenvalue weighted by Gasteiger charge is -2.10. The topological polar surface area (TPSA) is 60.7 Å². The van der Waals surface area contributed by atoms with Crippen LogP contribution in [0.15, 0.2) is 71.4 Å². The number of anilines is 1. The molecule has 1 N–H and O–H groups in total. The van der Waals surface area contributed by atoms with Gasteiger partial charge in [-0.2, -0.15) is 0 Å². The van der Waals surface area contributed by atoms with Crippen LogP contribution in [0.3, 0.4) is 0 Å². The molecule has 1 aromatic heterocycles. The fourth-order valence-electron chi connectivity index (χ4n) is 3.56. The van der Waals surface area contributed by atoms with Crippen LogP contribution >= 0.6 is 11.6 Å². The number of benzene rings is 3. The van der Waals surface area contributed by atoms with Crippen LogP contribution in [-0.4, -0.2) is 20.1 Å². The molecule has 0 aliphatic rings. The molecule has 0 unspecified atom stereocenters. The van der Waals surface area contributed by atoms with Crippen molar-refractivity contribution in [1.82, 2.24) is 0 Å². The predicted molar refractivity (Wildman–Crippen MR) is 128 cm³/mol. The normalized spacial score (nSPS) is 11.5. The Kier molecular flexibility index (Phi) is 6.38. The second kappa shape index (κ2) is 9.38. The largest absolute Gasteiger partial charge is 0.497 e. The molecule has 4 rings (SSSR count). The number of methoxy groups -OCH3 is 2. The number of allylic oxidation sites excluding steroid dienone is 1. The van der Waals surface area contributed by atoms with Crippen molar-refractivity contribution in [2.24, 2.45) is 0 Å². The fourth-order valence-corrected chi connectivity index (χ4v) is 3.72. The predicted octanol–water partition coefficient (Wildman–Crippen LogP) is 6.95. The van der Waals surface area contributed by atoms with Gasteiger partial charge in [-0.05, 0) is 54.5 Å². The highest BCUT2D eigenvalue weighted by molar-refractivity contribution is 6.30. The first-order valence-corrected chi connectivity index (χ1v) is 10.5. The maximum absolute atomic E-state index is 14.0. The average molecular weight is 466 g/mol. The number of fused-ring (bicyclic) bond motifs is 1. The Morgan fingerprint density at radius 1 is 1.06 bits per heavy atom. The lowest BCUT2D eigenvalue weighted by Crippen LogP contribution is -2.10. The van der Waals surface area contributed by atoms with Gasteiger partial charge in [0, 0.05) is 33.7 Å². The number of hydrogen-bond acceptors (Lipinski definition) is 4. The van der Waals surface area contributed by atoms with Gasteiger partial charge in [-0.25, -0.2) is 4.39 Å². The van der Waals surface area contributed by atoms with Crippen LogP contribution in [0.25, 0.3) is 27.7 Å². The van der Waals surface area contributed by atoms with E-state index in [2.05, 4.69) is 5.32 Å². The van der Waals surface area contributed by atoms with E-state index in [0.29, 0.717) is 22.5 Å². The summed E-state index contributed by atoms with van der Waals surface area (Å²) in [7, 11) is 3.17. The molecule has 0 aliphatic carbocycles. The van der Waals surface area contributed by atoms with Crippen LogP contribution in [0, 0.1) is 5.82 Å². The van der Waals surface area contributed by atoms with Crippen molar-refractivity contribution in [3.63, 3.8) is 0 Å². The molecule has 1 amide bonds. The van der Waals surface area contributed by atoms with Gasteiger partial charge in [0.15, 0.2) is 0 Å². The van der Waals surface area contributed by atoms with Crippen molar-refractivity contribution in [2.45, 2.75) is 6.92 Å². The van der Waals surface area contributed by atoms with Crippen molar-refractivity contribution >= 4 is 39.7 Å². The molecule has 168 valence electrons. The molecule has 0 aliphatic heterocycles. The molecule has 0 saturated heterocycles. The van der Waals surface area contributed by atoms with Crippen LogP contribution in [0.5, 0.6) is 11.5 Å². The van der Waals surface area contributed by atoms with Gasteiger partial charge < -0.3 is 19.2 Å². The lowest BCUT2D eigenvalue weighted by atomic mass is 9.99. The van der Waals surface area contributed by atoms with Crippen molar-refractivity contribution in [2.75, 3.05) is 19.5 Å². The van der Waals surface area contributed by atoms with Gasteiger partial charge >= 0.3 is 0 Å². The summed E-state index contributed by atoms with van der Waals surface area (Å²) in [6, 6.07) is 15.4. The molecule has 1 heterocycles. The highest BCUT2D eigenvalue weighted by atomic mass is 35.5. The van der Waals surface area contributed by atoms with Crippen LogP contribution in [-0.2, 0) is 4.79 Å². The maximum atomic E-state index is 14.0. The smallest absolute Gasteiger partial charge is 0.248 e. The third-order valence-electron chi connectivity index (χ3n) is 5.26. The van der Waals surface area contributed by atoms with Crippen molar-refractivity contribution in [1.29, 1.82) is 0 Å². The number of carbonyl (C=O) groups excluding carboxylic acids is 1. The molecule has 4 aromatic rings. The summed E-state index contributed by atoms with van der Waals surface area (Å²) in [5.41, 5.74) is 3.92. The van der Waals surface area contributed by atoms with Gasteiger partial charge in [-0.3, -0.25) is 4.79 Å². The summed E-state index contributed by atoms with van der Waals surface area (Å²) in [5.74, 6) is 0.232. The Bertz CT molecular complexity index is 1360. The van der Waals surface area contributed by atoms with Crippen LogP contribution in [0.1, 0.15) is 12.5 Å². The molecule has 5 nitrogen and oxygen atoms in total. The van der Waals surface area contributed by atoms with Crippen LogP contribution in [0.4, 0.5) is 10.1 Å². The minimum atomic E-state index is -0.608. The van der Waals surface area contributed by atoms with E-state index in [0.717, 1.165) is 28.3 Å². The zero-order chi connectivity index (χ0) is 23.5. The summed E-state index contributed by atoms with van der Waals surface area (Å²) in [5, 5.41) is 3.66. The molecule has 3 aromatic carbocycles. The second-order valence-electron chi connectivity index (χ2n) is 7.37. The fraction of sp³-hybridized carbons (Fsp3) is 0.115. The highest BCUT2D eigenvalue weighted by Crippen LogP contribution is 2.37. The molecule has 0 fully saturated rings. The summed E-state index contributed by atoms with van der Waals surface area (Å²) in [4.78, 5) is 12.5. The van der Waals surface area contributed by atoms with Crippen molar-refractivity contribution in [3.05, 3.63) is 83.3 Å². The van der Waals surface area contributed by atoms with E-state index in [1.807, 2.05) is 30.3 Å². The minimum absolute atomic E-state index is 0.0486. The Morgan fingerprint density at radius 2 is 1.82 bits per heavy atom. The van der Waals surface area contributed by atoms with E-state index >= 15 is 0 Å². The van der Waals surface area contributed by atoms with E-state index in [9.17, 15) is 9.18 Å². The Labute approximate surface area is 195 Å². The molecule has 0 radical (unpaired) electrons. The van der Waals surface area contributed by atoms with Gasteiger partial charge in [0.1, 0.15) is 22.9 Å². The average Bonchev–Trinajstić information content (AvgIpc) is 3.23. The molecule has 7 heteroatoms. The summed E-state index contributed by atoms with van der Waals surface area (Å²) < 4.78 is 30.5. The number of ether oxygens (including phenoxy) is 2. The lowest BCUT2D eigenvalue weighted by molar-refractivity contribution is -0.111. The molecule has 0 atom stereocenters. The highest BCUT2D eigenvalue weighted by Gasteiger charge is 2.15. The van der Waals surface area contributed by atoms with Crippen molar-refractivity contribution in [3.8, 4) is 22.6 Å². The van der Waals surface area contributed by atoms with E-state index in [1.165, 1.54) is 18.2 Å². The van der Waals surface area contributed by atoms with E-state index < -0.39 is 11.7 Å². The first kappa shape index (κ1) is 22.4. The Balaban J connectivity index is 1.69. The first-order valence-electron chi connectivity index (χ1n) is 10.1. The Hall–Kier alpha value is -3.77. The standard InChI is InChI=1S/C26H21ClFNO4/c1-15(10-26(30)29-23-9-6-17(27)11-22(23)28)19-12-20-21(14-33-25(20)13-24(19)32-3)16-4-7-18(31-2)8-5-16/h4-14H,1-3H3,(H,29,30)/b15-10+. The Morgan fingerprint density at radius 3 is 2.48 bits per heavy atom. The number of carbonyl (C=O) groups is 1. The summed E-state index contributed by atoms with van der Waals surface area (Å²) in [6.07, 6.45) is 3.08. The minimum Gasteiger partial charge on any atom is -0.497 e. The summed E-state index contributed by atoms with van der Waals surface area (Å²) >= 11 is 5.77. The molecule has 0 spiro atoms. The van der Waals surface area contributed by atoms with E-state index in [-0.39, 0.29) is 10.7 Å². The number of amides is 1. The number of rotatable bonds is 6. The third-order valence-corrected chi connectivity index (χ3v) is 5.49. The van der Waals surface area contributed by atoms with Gasteiger partial charge in [0.05, 0.1) is 26.2 Å². The third kappa shape index (κ3) is 4.71. The summed E-state index contributed by atoms with van der Waals surface area (Å²) in [6.45, 7) is 1.79. The van der Waals surface area contributed by atoms with Gasteiger partial charge in [0.25, 0.3) is 0 Å².